The molecule has 0 unspecified atom stereocenters. The molecule has 0 spiro atoms. The molecule has 3 aromatic rings. The zero-order valence-electron chi connectivity index (χ0n) is 11.5. The summed E-state index contributed by atoms with van der Waals surface area (Å²) in [4.78, 5) is 8.31. The Bertz CT molecular complexity index is 719. The number of halogens is 1. The van der Waals surface area contributed by atoms with Crippen molar-refractivity contribution in [2.75, 3.05) is 5.32 Å². The van der Waals surface area contributed by atoms with E-state index in [1.165, 1.54) is 5.56 Å². The molecule has 3 rings (SSSR count). The molecule has 2 aromatic heterocycles. The molecule has 1 N–H and O–H groups in total. The van der Waals surface area contributed by atoms with E-state index >= 15 is 0 Å². The van der Waals surface area contributed by atoms with Gasteiger partial charge in [0.05, 0.1) is 18.4 Å². The lowest BCUT2D eigenvalue weighted by Gasteiger charge is -2.04. The van der Waals surface area contributed by atoms with E-state index in [1.807, 2.05) is 29.1 Å². The zero-order chi connectivity index (χ0) is 14.7. The molecule has 0 bridgehead atoms. The molecule has 0 amide bonds. The van der Waals surface area contributed by atoms with Crippen LogP contribution in [0.3, 0.4) is 0 Å². The van der Waals surface area contributed by atoms with Crippen LogP contribution < -0.4 is 5.32 Å². The fourth-order valence-electron chi connectivity index (χ4n) is 2.03. The van der Waals surface area contributed by atoms with Crippen LogP contribution in [0.2, 0.25) is 5.15 Å². The number of aromatic nitrogens is 4. The van der Waals surface area contributed by atoms with E-state index in [2.05, 4.69) is 32.5 Å². The molecule has 0 aliphatic carbocycles. The highest BCUT2D eigenvalue weighted by molar-refractivity contribution is 6.29. The minimum absolute atomic E-state index is 0.418. The van der Waals surface area contributed by atoms with Crippen LogP contribution in [0.25, 0.3) is 0 Å². The number of hydrogen-bond acceptors (Lipinski definition) is 4. The van der Waals surface area contributed by atoms with E-state index in [9.17, 15) is 0 Å². The maximum Gasteiger partial charge on any atom is 0.135 e. The van der Waals surface area contributed by atoms with Crippen molar-refractivity contribution in [3.05, 3.63) is 65.3 Å². The van der Waals surface area contributed by atoms with Gasteiger partial charge in [-0.1, -0.05) is 41.9 Å². The van der Waals surface area contributed by atoms with Crippen molar-refractivity contribution in [1.82, 2.24) is 19.7 Å². The van der Waals surface area contributed by atoms with Crippen molar-refractivity contribution in [2.45, 2.75) is 13.5 Å². The van der Waals surface area contributed by atoms with E-state index in [4.69, 9.17) is 11.6 Å². The number of nitrogens with one attached hydrogen (secondary N) is 1. The number of rotatable bonds is 4. The average Bonchev–Trinajstić information content (AvgIpc) is 2.86. The lowest BCUT2D eigenvalue weighted by molar-refractivity contribution is 0.687. The van der Waals surface area contributed by atoms with Crippen LogP contribution in [0.5, 0.6) is 0 Å². The second-order valence-corrected chi connectivity index (χ2v) is 5.05. The lowest BCUT2D eigenvalue weighted by atomic mass is 10.2. The number of benzene rings is 1. The van der Waals surface area contributed by atoms with E-state index in [-0.39, 0.29) is 0 Å². The zero-order valence-corrected chi connectivity index (χ0v) is 12.2. The van der Waals surface area contributed by atoms with E-state index in [0.29, 0.717) is 16.8 Å². The number of nitrogens with zero attached hydrogens (tertiary/aromatic N) is 4. The summed E-state index contributed by atoms with van der Waals surface area (Å²) in [5.41, 5.74) is 2.06. The topological polar surface area (TPSA) is 55.6 Å². The van der Waals surface area contributed by atoms with Gasteiger partial charge in [-0.2, -0.15) is 5.10 Å². The summed E-state index contributed by atoms with van der Waals surface area (Å²) in [5.74, 6) is 1.29. The molecule has 0 saturated carbocycles. The Labute approximate surface area is 127 Å². The summed E-state index contributed by atoms with van der Waals surface area (Å²) in [7, 11) is 0. The molecular weight excluding hydrogens is 286 g/mol. The number of hydrogen-bond donors (Lipinski definition) is 1. The van der Waals surface area contributed by atoms with Crippen molar-refractivity contribution in [1.29, 1.82) is 0 Å². The van der Waals surface area contributed by atoms with Crippen LogP contribution in [-0.2, 0) is 6.54 Å². The monoisotopic (exact) mass is 299 g/mol. The highest BCUT2D eigenvalue weighted by Crippen LogP contribution is 2.17. The summed E-state index contributed by atoms with van der Waals surface area (Å²) < 4.78 is 1.87. The maximum absolute atomic E-state index is 5.92. The second-order valence-electron chi connectivity index (χ2n) is 4.66. The maximum atomic E-state index is 5.92. The largest absolute Gasteiger partial charge is 0.338 e. The first kappa shape index (κ1) is 13.6. The third kappa shape index (κ3) is 3.58. The van der Waals surface area contributed by atoms with Crippen molar-refractivity contribution < 1.29 is 0 Å². The summed E-state index contributed by atoms with van der Waals surface area (Å²) in [6.07, 6.45) is 3.69. The minimum Gasteiger partial charge on any atom is -0.338 e. The molecule has 0 fully saturated rings. The second kappa shape index (κ2) is 5.93. The van der Waals surface area contributed by atoms with Gasteiger partial charge in [0.15, 0.2) is 0 Å². The Hall–Kier alpha value is -2.40. The Morgan fingerprint density at radius 1 is 1.19 bits per heavy atom. The molecule has 0 atom stereocenters. The van der Waals surface area contributed by atoms with Crippen LogP contribution in [-0.4, -0.2) is 19.7 Å². The standard InChI is InChI=1S/C15H14ClN5/c1-11-18-14(16)7-15(19-11)20-13-8-17-21(10-13)9-12-5-3-2-4-6-12/h2-8,10H,9H2,1H3,(H,18,19,20). The van der Waals surface area contributed by atoms with Gasteiger partial charge in [0.25, 0.3) is 0 Å². The molecule has 1 aromatic carbocycles. The molecule has 6 heteroatoms. The van der Waals surface area contributed by atoms with Crippen LogP contribution in [0, 0.1) is 6.92 Å². The van der Waals surface area contributed by atoms with Gasteiger partial charge in [0.2, 0.25) is 0 Å². The smallest absolute Gasteiger partial charge is 0.135 e. The molecule has 0 aliphatic heterocycles. The molecule has 5 nitrogen and oxygen atoms in total. The average molecular weight is 300 g/mol. The molecule has 2 heterocycles. The minimum atomic E-state index is 0.418. The quantitative estimate of drug-likeness (QED) is 0.750. The van der Waals surface area contributed by atoms with Gasteiger partial charge < -0.3 is 5.32 Å². The molecule has 0 radical (unpaired) electrons. The number of aryl methyl sites for hydroxylation is 1. The van der Waals surface area contributed by atoms with Crippen molar-refractivity contribution in [3.63, 3.8) is 0 Å². The van der Waals surface area contributed by atoms with Gasteiger partial charge in [0.1, 0.15) is 16.8 Å². The third-order valence-corrected chi connectivity index (χ3v) is 3.09. The first-order valence-corrected chi connectivity index (χ1v) is 6.91. The van der Waals surface area contributed by atoms with Crippen molar-refractivity contribution in [3.8, 4) is 0 Å². The highest BCUT2D eigenvalue weighted by Gasteiger charge is 2.03. The van der Waals surface area contributed by atoms with Gasteiger partial charge in [0, 0.05) is 12.3 Å². The van der Waals surface area contributed by atoms with Crippen molar-refractivity contribution >= 4 is 23.1 Å². The van der Waals surface area contributed by atoms with Gasteiger partial charge in [-0.25, -0.2) is 9.97 Å². The van der Waals surface area contributed by atoms with Gasteiger partial charge >= 0.3 is 0 Å². The Morgan fingerprint density at radius 2 is 2.00 bits per heavy atom. The number of anilines is 2. The molecule has 106 valence electrons. The van der Waals surface area contributed by atoms with Crippen LogP contribution in [0.4, 0.5) is 11.5 Å². The predicted molar refractivity (Wildman–Crippen MR) is 82.8 cm³/mol. The first-order chi connectivity index (χ1) is 10.2. The molecule has 0 saturated heterocycles. The van der Waals surface area contributed by atoms with E-state index < -0.39 is 0 Å². The van der Waals surface area contributed by atoms with Gasteiger partial charge in [-0.05, 0) is 12.5 Å². The van der Waals surface area contributed by atoms with E-state index in [0.717, 1.165) is 12.2 Å². The SMILES string of the molecule is Cc1nc(Cl)cc(Nc2cnn(Cc3ccccc3)c2)n1. The van der Waals surface area contributed by atoms with E-state index in [1.54, 1.807) is 19.2 Å². The Morgan fingerprint density at radius 3 is 2.76 bits per heavy atom. The summed E-state index contributed by atoms with van der Waals surface area (Å²) in [6.45, 7) is 2.53. The normalized spacial score (nSPS) is 10.6. The van der Waals surface area contributed by atoms with Crippen molar-refractivity contribution in [2.24, 2.45) is 0 Å². The van der Waals surface area contributed by atoms with Crippen LogP contribution >= 0.6 is 11.6 Å². The fourth-order valence-corrected chi connectivity index (χ4v) is 2.25. The summed E-state index contributed by atoms with van der Waals surface area (Å²) in [6, 6.07) is 11.9. The molecule has 21 heavy (non-hydrogen) atoms. The predicted octanol–water partition coefficient (Wildman–Crippen LogP) is 3.43. The highest BCUT2D eigenvalue weighted by atomic mass is 35.5. The third-order valence-electron chi connectivity index (χ3n) is 2.90. The Kier molecular flexibility index (Phi) is 3.83. The van der Waals surface area contributed by atoms with Gasteiger partial charge in [-0.15, -0.1) is 0 Å². The summed E-state index contributed by atoms with van der Waals surface area (Å²) >= 11 is 5.92. The van der Waals surface area contributed by atoms with Crippen LogP contribution in [0.1, 0.15) is 11.4 Å². The van der Waals surface area contributed by atoms with Crippen LogP contribution in [0.15, 0.2) is 48.8 Å². The van der Waals surface area contributed by atoms with Gasteiger partial charge in [-0.3, -0.25) is 4.68 Å². The fraction of sp³-hybridized carbons (Fsp3) is 0.133. The molecular formula is C15H14ClN5. The summed E-state index contributed by atoms with van der Waals surface area (Å²) in [5, 5.41) is 7.92. The Balaban J connectivity index is 1.73. The first-order valence-electron chi connectivity index (χ1n) is 6.53. The molecule has 0 aliphatic rings. The lowest BCUT2D eigenvalue weighted by Crippen LogP contribution is -1.99.